The van der Waals surface area contributed by atoms with Crippen molar-refractivity contribution in [2.24, 2.45) is 11.8 Å². The summed E-state index contributed by atoms with van der Waals surface area (Å²) in [4.78, 5) is 30.2. The Morgan fingerprint density at radius 1 is 1.22 bits per heavy atom. The van der Waals surface area contributed by atoms with Crippen molar-refractivity contribution in [1.82, 2.24) is 15.2 Å². The summed E-state index contributed by atoms with van der Waals surface area (Å²) in [5.41, 5.74) is 0. The van der Waals surface area contributed by atoms with E-state index in [1.807, 2.05) is 13.0 Å². The van der Waals surface area contributed by atoms with Crippen LogP contribution in [0.3, 0.4) is 0 Å². The van der Waals surface area contributed by atoms with Crippen LogP contribution in [0.25, 0.3) is 0 Å². The monoisotopic (exact) mass is 318 g/mol. The molecule has 0 aliphatic carbocycles. The van der Waals surface area contributed by atoms with Crippen molar-refractivity contribution < 1.29 is 9.59 Å². The molecule has 0 radical (unpaired) electrons. The molecule has 1 aromatic rings. The predicted octanol–water partition coefficient (Wildman–Crippen LogP) is 2.49. The van der Waals surface area contributed by atoms with Gasteiger partial charge < -0.3 is 10.2 Å². The smallest absolute Gasteiger partial charge is 0.323 e. The SMILES string of the molecule is CC(C)[C@@H](C)NC(=O)C1CCN(C(=O)Nc2ccccn2)CC1. The largest absolute Gasteiger partial charge is 0.353 e. The average Bonchev–Trinajstić information content (AvgIpc) is 2.55. The van der Waals surface area contributed by atoms with Gasteiger partial charge in [-0.25, -0.2) is 9.78 Å². The second kappa shape index (κ2) is 7.94. The van der Waals surface area contributed by atoms with E-state index in [1.165, 1.54) is 0 Å². The summed E-state index contributed by atoms with van der Waals surface area (Å²) < 4.78 is 0. The van der Waals surface area contributed by atoms with Crippen molar-refractivity contribution in [3.8, 4) is 0 Å². The Morgan fingerprint density at radius 3 is 2.48 bits per heavy atom. The van der Waals surface area contributed by atoms with Gasteiger partial charge in [-0.15, -0.1) is 0 Å². The quantitative estimate of drug-likeness (QED) is 0.895. The number of amides is 3. The highest BCUT2D eigenvalue weighted by molar-refractivity contribution is 5.88. The van der Waals surface area contributed by atoms with Crippen LogP contribution in [0.4, 0.5) is 10.6 Å². The van der Waals surface area contributed by atoms with Crippen LogP contribution in [0.1, 0.15) is 33.6 Å². The van der Waals surface area contributed by atoms with Gasteiger partial charge in [-0.2, -0.15) is 0 Å². The van der Waals surface area contributed by atoms with E-state index in [-0.39, 0.29) is 23.9 Å². The average molecular weight is 318 g/mol. The third-order valence-corrected chi connectivity index (χ3v) is 4.42. The van der Waals surface area contributed by atoms with E-state index in [2.05, 4.69) is 29.5 Å². The Labute approximate surface area is 137 Å². The molecule has 23 heavy (non-hydrogen) atoms. The van der Waals surface area contributed by atoms with Crippen LogP contribution in [0.15, 0.2) is 24.4 Å². The molecular weight excluding hydrogens is 292 g/mol. The van der Waals surface area contributed by atoms with Gasteiger partial charge in [0.15, 0.2) is 0 Å². The van der Waals surface area contributed by atoms with E-state index in [0.29, 0.717) is 37.7 Å². The zero-order valence-electron chi connectivity index (χ0n) is 14.1. The predicted molar refractivity (Wildman–Crippen MR) is 90.0 cm³/mol. The van der Waals surface area contributed by atoms with Gasteiger partial charge in [-0.1, -0.05) is 19.9 Å². The molecule has 0 unspecified atom stereocenters. The Morgan fingerprint density at radius 2 is 1.91 bits per heavy atom. The van der Waals surface area contributed by atoms with E-state index in [4.69, 9.17) is 0 Å². The number of carbonyl (C=O) groups excluding carboxylic acids is 2. The molecule has 2 heterocycles. The summed E-state index contributed by atoms with van der Waals surface area (Å²) in [5.74, 6) is 1.07. The molecule has 1 fully saturated rings. The molecule has 1 aliphatic rings. The van der Waals surface area contributed by atoms with Gasteiger partial charge in [0.05, 0.1) is 0 Å². The van der Waals surface area contributed by atoms with Gasteiger partial charge in [0, 0.05) is 31.2 Å². The number of hydrogen-bond acceptors (Lipinski definition) is 3. The minimum absolute atomic E-state index is 0.00454. The highest BCUT2D eigenvalue weighted by Crippen LogP contribution is 2.19. The zero-order chi connectivity index (χ0) is 16.8. The van der Waals surface area contributed by atoms with E-state index in [1.54, 1.807) is 23.2 Å². The summed E-state index contributed by atoms with van der Waals surface area (Å²) in [6, 6.07) is 5.41. The van der Waals surface area contributed by atoms with E-state index in [0.717, 1.165) is 0 Å². The molecular formula is C17H26N4O2. The first-order valence-corrected chi connectivity index (χ1v) is 8.24. The van der Waals surface area contributed by atoms with Crippen LogP contribution in [0.2, 0.25) is 0 Å². The number of piperidine rings is 1. The summed E-state index contributed by atoms with van der Waals surface area (Å²) in [6.45, 7) is 7.39. The zero-order valence-corrected chi connectivity index (χ0v) is 14.1. The molecule has 0 saturated carbocycles. The number of aromatic nitrogens is 1. The summed E-state index contributed by atoms with van der Waals surface area (Å²) in [7, 11) is 0. The summed E-state index contributed by atoms with van der Waals surface area (Å²) in [6.07, 6.45) is 3.04. The van der Waals surface area contributed by atoms with Crippen molar-refractivity contribution in [1.29, 1.82) is 0 Å². The topological polar surface area (TPSA) is 74.3 Å². The number of nitrogens with one attached hydrogen (secondary N) is 2. The van der Waals surface area contributed by atoms with Crippen molar-refractivity contribution in [3.05, 3.63) is 24.4 Å². The van der Waals surface area contributed by atoms with Crippen LogP contribution in [0.5, 0.6) is 0 Å². The van der Waals surface area contributed by atoms with Crippen molar-refractivity contribution >= 4 is 17.8 Å². The summed E-state index contributed by atoms with van der Waals surface area (Å²) in [5, 5.41) is 5.84. The lowest BCUT2D eigenvalue weighted by molar-refractivity contribution is -0.127. The molecule has 0 spiro atoms. The van der Waals surface area contributed by atoms with E-state index < -0.39 is 0 Å². The maximum Gasteiger partial charge on any atom is 0.323 e. The molecule has 6 nitrogen and oxygen atoms in total. The number of urea groups is 1. The Kier molecular flexibility index (Phi) is 5.96. The third kappa shape index (κ3) is 4.94. The summed E-state index contributed by atoms with van der Waals surface area (Å²) >= 11 is 0. The molecule has 2 N–H and O–H groups in total. The molecule has 126 valence electrons. The second-order valence-electron chi connectivity index (χ2n) is 6.45. The van der Waals surface area contributed by atoms with Gasteiger partial charge in [0.25, 0.3) is 0 Å². The molecule has 2 rings (SSSR count). The standard InChI is InChI=1S/C17H26N4O2/c1-12(2)13(3)19-16(22)14-7-10-21(11-8-14)17(23)20-15-6-4-5-9-18-15/h4-6,9,12-14H,7-8,10-11H2,1-3H3,(H,19,22)(H,18,20,23)/t13-/m1/s1. The lowest BCUT2D eigenvalue weighted by atomic mass is 9.95. The number of carbonyl (C=O) groups is 2. The van der Waals surface area contributed by atoms with E-state index >= 15 is 0 Å². The number of pyridine rings is 1. The first kappa shape index (κ1) is 17.2. The molecule has 1 atom stereocenters. The van der Waals surface area contributed by atoms with E-state index in [9.17, 15) is 9.59 Å². The molecule has 1 aromatic heterocycles. The fourth-order valence-corrected chi connectivity index (χ4v) is 2.48. The van der Waals surface area contributed by atoms with Crippen molar-refractivity contribution in [2.75, 3.05) is 18.4 Å². The fraction of sp³-hybridized carbons (Fsp3) is 0.588. The van der Waals surface area contributed by atoms with Gasteiger partial charge in [0.1, 0.15) is 5.82 Å². The lowest BCUT2D eigenvalue weighted by Gasteiger charge is -2.32. The normalized spacial score (nSPS) is 17.0. The van der Waals surface area contributed by atoms with Crippen LogP contribution < -0.4 is 10.6 Å². The maximum atomic E-state index is 12.2. The number of likely N-dealkylation sites (tertiary alicyclic amines) is 1. The van der Waals surface area contributed by atoms with Gasteiger partial charge in [-0.3, -0.25) is 10.1 Å². The molecule has 1 aliphatic heterocycles. The van der Waals surface area contributed by atoms with Crippen molar-refractivity contribution in [2.45, 2.75) is 39.7 Å². The van der Waals surface area contributed by atoms with Crippen LogP contribution in [-0.4, -0.2) is 41.0 Å². The molecule has 1 saturated heterocycles. The van der Waals surface area contributed by atoms with Crippen molar-refractivity contribution in [3.63, 3.8) is 0 Å². The number of nitrogens with zero attached hydrogens (tertiary/aromatic N) is 2. The fourth-order valence-electron chi connectivity index (χ4n) is 2.48. The third-order valence-electron chi connectivity index (χ3n) is 4.42. The lowest BCUT2D eigenvalue weighted by Crippen LogP contribution is -2.46. The Balaban J connectivity index is 1.79. The van der Waals surface area contributed by atoms with Crippen LogP contribution in [-0.2, 0) is 4.79 Å². The first-order chi connectivity index (χ1) is 11.0. The number of rotatable bonds is 4. The number of anilines is 1. The highest BCUT2D eigenvalue weighted by Gasteiger charge is 2.28. The Bertz CT molecular complexity index is 525. The molecule has 3 amide bonds. The first-order valence-electron chi connectivity index (χ1n) is 8.24. The van der Waals surface area contributed by atoms with Gasteiger partial charge >= 0.3 is 6.03 Å². The molecule has 6 heteroatoms. The molecule has 0 bridgehead atoms. The minimum atomic E-state index is -0.155. The minimum Gasteiger partial charge on any atom is -0.353 e. The molecule has 0 aromatic carbocycles. The van der Waals surface area contributed by atoms with Crippen LogP contribution >= 0.6 is 0 Å². The maximum absolute atomic E-state index is 12.2. The Hall–Kier alpha value is -2.11. The van der Waals surface area contributed by atoms with Gasteiger partial charge in [0.2, 0.25) is 5.91 Å². The van der Waals surface area contributed by atoms with Gasteiger partial charge in [-0.05, 0) is 37.8 Å². The second-order valence-corrected chi connectivity index (χ2v) is 6.45. The van der Waals surface area contributed by atoms with Crippen LogP contribution in [0, 0.1) is 11.8 Å². The highest BCUT2D eigenvalue weighted by atomic mass is 16.2. The number of hydrogen-bond donors (Lipinski definition) is 2.